The first kappa shape index (κ1) is 26.8. The van der Waals surface area contributed by atoms with Crippen LogP contribution in [0.5, 0.6) is 0 Å². The topological polar surface area (TPSA) is 36.9 Å². The highest BCUT2D eigenvalue weighted by molar-refractivity contribution is 5.97. The summed E-state index contributed by atoms with van der Waals surface area (Å²) < 4.78 is 23.0. The lowest BCUT2D eigenvalue weighted by molar-refractivity contribution is 0.0481. The zero-order chi connectivity index (χ0) is 21.3. The fourth-order valence-electron chi connectivity index (χ4n) is 3.27. The van der Waals surface area contributed by atoms with Crippen molar-refractivity contribution in [2.24, 2.45) is 5.41 Å². The first-order chi connectivity index (χ1) is 13.4. The van der Waals surface area contributed by atoms with Crippen LogP contribution in [-0.2, 0) is 18.6 Å². The van der Waals surface area contributed by atoms with Crippen LogP contribution in [0.3, 0.4) is 0 Å². The molecule has 0 saturated carbocycles. The molecule has 0 aromatic carbocycles. The van der Waals surface area contributed by atoms with Gasteiger partial charge in [0.2, 0.25) is 0 Å². The molecular formula is C23H44O4Si. The van der Waals surface area contributed by atoms with E-state index in [9.17, 15) is 0 Å². The maximum atomic E-state index is 5.82. The Labute approximate surface area is 176 Å². The smallest absolute Gasteiger partial charge is 0.145 e. The van der Waals surface area contributed by atoms with Crippen LogP contribution in [0.25, 0.3) is 0 Å². The summed E-state index contributed by atoms with van der Waals surface area (Å²) in [7, 11) is 0.759. The van der Waals surface area contributed by atoms with Crippen molar-refractivity contribution in [1.82, 2.24) is 0 Å². The lowest BCUT2D eigenvalue weighted by atomic mass is 9.74. The fraction of sp³-hybridized carbons (Fsp3) is 0.739. The van der Waals surface area contributed by atoms with E-state index in [4.69, 9.17) is 18.6 Å². The van der Waals surface area contributed by atoms with E-state index in [1.807, 2.05) is 39.0 Å². The maximum Gasteiger partial charge on any atom is 0.145 e. The molecule has 0 spiro atoms. The van der Waals surface area contributed by atoms with Crippen LogP contribution in [-0.4, -0.2) is 35.4 Å². The molecule has 164 valence electrons. The average molecular weight is 413 g/mol. The van der Waals surface area contributed by atoms with Crippen LogP contribution in [0, 0.1) is 5.41 Å². The first-order valence-corrected chi connectivity index (χ1v) is 11.5. The van der Waals surface area contributed by atoms with E-state index in [0.29, 0.717) is 0 Å². The van der Waals surface area contributed by atoms with E-state index in [0.717, 1.165) is 55.6 Å². The summed E-state index contributed by atoms with van der Waals surface area (Å²) in [4.78, 5) is 0. The highest BCUT2D eigenvalue weighted by Crippen LogP contribution is 2.37. The summed E-state index contributed by atoms with van der Waals surface area (Å²) in [5.74, 6) is 0. The van der Waals surface area contributed by atoms with Gasteiger partial charge in [-0.05, 0) is 85.5 Å². The number of allylic oxidation sites excluding steroid dienone is 3. The Morgan fingerprint density at radius 1 is 0.679 bits per heavy atom. The van der Waals surface area contributed by atoms with E-state index in [2.05, 4.69) is 20.8 Å². The first-order valence-electron chi connectivity index (χ1n) is 10.7. The van der Waals surface area contributed by atoms with Crippen molar-refractivity contribution in [3.05, 3.63) is 37.0 Å². The zero-order valence-corrected chi connectivity index (χ0v) is 21.3. The van der Waals surface area contributed by atoms with Gasteiger partial charge in [-0.1, -0.05) is 18.2 Å². The van der Waals surface area contributed by atoms with Crippen LogP contribution < -0.4 is 0 Å². The second-order valence-corrected chi connectivity index (χ2v) is 8.37. The van der Waals surface area contributed by atoms with E-state index < -0.39 is 0 Å². The van der Waals surface area contributed by atoms with Gasteiger partial charge in [-0.25, -0.2) is 0 Å². The number of ether oxygens (including phenoxy) is 3. The summed E-state index contributed by atoms with van der Waals surface area (Å²) in [6.45, 7) is 13.2. The minimum absolute atomic E-state index is 0.135. The van der Waals surface area contributed by atoms with Gasteiger partial charge in [0.05, 0.1) is 37.1 Å². The van der Waals surface area contributed by atoms with Gasteiger partial charge >= 0.3 is 0 Å². The summed E-state index contributed by atoms with van der Waals surface area (Å²) >= 11 is 0. The maximum absolute atomic E-state index is 5.82. The Hall–Kier alpha value is -1.20. The third-order valence-electron chi connectivity index (χ3n) is 5.03. The van der Waals surface area contributed by atoms with Crippen molar-refractivity contribution in [3.63, 3.8) is 0 Å². The number of hydrogen-bond donors (Lipinski definition) is 0. The van der Waals surface area contributed by atoms with E-state index >= 15 is 0 Å². The quantitative estimate of drug-likeness (QED) is 0.236. The largest absolute Gasteiger partial charge is 0.499 e. The molecule has 4 nitrogen and oxygen atoms in total. The van der Waals surface area contributed by atoms with Crippen LogP contribution in [0.2, 0.25) is 0 Å². The molecule has 0 bridgehead atoms. The summed E-state index contributed by atoms with van der Waals surface area (Å²) in [6, 6.07) is 0. The minimum atomic E-state index is 0.135. The standard InChI is InChI=1S/C23H44O4Si/c1-7-16-24-20(4)10-13-23(19-27-28,14-11-21(5)25-17-8-2)15-12-22(6)26-18-9-3/h7-9,16-18,20-22H,10-15,19H2,1-6,28H3. The lowest BCUT2D eigenvalue weighted by Gasteiger charge is -2.36. The predicted octanol–water partition coefficient (Wildman–Crippen LogP) is 5.43. The molecule has 0 aliphatic heterocycles. The van der Waals surface area contributed by atoms with Gasteiger partial charge in [0.25, 0.3) is 0 Å². The molecule has 0 fully saturated rings. The predicted molar refractivity (Wildman–Crippen MR) is 122 cm³/mol. The molecule has 28 heavy (non-hydrogen) atoms. The number of hydrogen-bond acceptors (Lipinski definition) is 4. The highest BCUT2D eigenvalue weighted by atomic mass is 28.2. The Bertz CT molecular complexity index is 388. The van der Waals surface area contributed by atoms with Crippen molar-refractivity contribution < 1.29 is 18.6 Å². The zero-order valence-electron chi connectivity index (χ0n) is 19.3. The molecule has 0 heterocycles. The second-order valence-electron chi connectivity index (χ2n) is 7.80. The van der Waals surface area contributed by atoms with Gasteiger partial charge in [-0.3, -0.25) is 0 Å². The van der Waals surface area contributed by atoms with Gasteiger partial charge in [0.1, 0.15) is 10.5 Å². The van der Waals surface area contributed by atoms with E-state index in [1.165, 1.54) is 0 Å². The molecule has 0 aliphatic rings. The van der Waals surface area contributed by atoms with Crippen molar-refractivity contribution in [3.8, 4) is 0 Å². The van der Waals surface area contributed by atoms with Crippen LogP contribution in [0.15, 0.2) is 37.0 Å². The van der Waals surface area contributed by atoms with Gasteiger partial charge in [-0.2, -0.15) is 0 Å². The molecule has 0 aromatic heterocycles. The molecule has 5 heteroatoms. The van der Waals surface area contributed by atoms with Crippen molar-refractivity contribution in [1.29, 1.82) is 0 Å². The molecule has 0 rings (SSSR count). The normalized spacial score (nSPS) is 17.8. The third-order valence-corrected chi connectivity index (χ3v) is 5.32. The Balaban J connectivity index is 5.05. The van der Waals surface area contributed by atoms with Crippen molar-refractivity contribution in [2.45, 2.75) is 98.4 Å². The van der Waals surface area contributed by atoms with E-state index in [1.54, 1.807) is 18.8 Å². The highest BCUT2D eigenvalue weighted by Gasteiger charge is 2.31. The molecule has 0 amide bonds. The van der Waals surface area contributed by atoms with Crippen LogP contribution >= 0.6 is 0 Å². The Morgan fingerprint density at radius 3 is 1.25 bits per heavy atom. The minimum Gasteiger partial charge on any atom is -0.499 e. The van der Waals surface area contributed by atoms with Gasteiger partial charge < -0.3 is 18.6 Å². The molecule has 0 saturated heterocycles. The average Bonchev–Trinajstić information content (AvgIpc) is 2.70. The Kier molecular flexibility index (Phi) is 16.0. The molecule has 0 N–H and O–H groups in total. The molecule has 0 aliphatic carbocycles. The van der Waals surface area contributed by atoms with Crippen LogP contribution in [0.4, 0.5) is 0 Å². The molecule has 0 aromatic rings. The summed E-state index contributed by atoms with van der Waals surface area (Å²) in [5, 5.41) is 0. The van der Waals surface area contributed by atoms with Crippen molar-refractivity contribution in [2.75, 3.05) is 6.61 Å². The lowest BCUT2D eigenvalue weighted by Crippen LogP contribution is -2.31. The number of rotatable bonds is 17. The van der Waals surface area contributed by atoms with Gasteiger partial charge in [-0.15, -0.1) is 0 Å². The third kappa shape index (κ3) is 13.1. The molecule has 0 radical (unpaired) electrons. The molecule has 3 unspecified atom stereocenters. The summed E-state index contributed by atoms with van der Waals surface area (Å²) in [6.07, 6.45) is 18.1. The Morgan fingerprint density at radius 2 is 1.00 bits per heavy atom. The SMILES string of the molecule is CC=COC(C)CCC(CCC(C)OC=CC)(CCC(C)OC=CC)CO[SiH3]. The second kappa shape index (κ2) is 16.7. The molecule has 3 atom stereocenters. The van der Waals surface area contributed by atoms with Crippen LogP contribution in [0.1, 0.15) is 80.1 Å². The van der Waals surface area contributed by atoms with E-state index in [-0.39, 0.29) is 23.7 Å². The van der Waals surface area contributed by atoms with Gasteiger partial charge in [0.15, 0.2) is 0 Å². The van der Waals surface area contributed by atoms with Crippen molar-refractivity contribution >= 4 is 10.5 Å². The molecular weight excluding hydrogens is 368 g/mol. The summed E-state index contributed by atoms with van der Waals surface area (Å²) in [5.41, 5.74) is 0.135. The van der Waals surface area contributed by atoms with Gasteiger partial charge in [0, 0.05) is 6.61 Å². The fourth-order valence-corrected chi connectivity index (χ4v) is 3.88. The monoisotopic (exact) mass is 412 g/mol.